The highest BCUT2D eigenvalue weighted by Gasteiger charge is 2.02. The largest absolute Gasteiger partial charge is 0.463 e. The van der Waals surface area contributed by atoms with E-state index >= 15 is 0 Å². The number of esters is 1. The van der Waals surface area contributed by atoms with Crippen molar-refractivity contribution in [2.45, 2.75) is 58.3 Å². The summed E-state index contributed by atoms with van der Waals surface area (Å²) in [5.74, 6) is 2.26. The third-order valence-corrected chi connectivity index (χ3v) is 4.15. The summed E-state index contributed by atoms with van der Waals surface area (Å²) >= 11 is 0. The summed E-state index contributed by atoms with van der Waals surface area (Å²) in [5.41, 5.74) is 0. The summed E-state index contributed by atoms with van der Waals surface area (Å²) in [6.45, 7) is 7.20. The highest BCUT2D eigenvalue weighted by molar-refractivity contribution is 5.69. The second-order valence-electron chi connectivity index (χ2n) is 6.80. The number of unbranched alkanes of at least 4 members (excludes halogenated alkanes) is 6. The van der Waals surface area contributed by atoms with Crippen LogP contribution in [0.15, 0.2) is 0 Å². The van der Waals surface area contributed by atoms with E-state index in [1.54, 1.807) is 0 Å². The molecule has 0 atom stereocenters. The number of carbonyl (C=O) groups excluding carboxylic acids is 1. The lowest BCUT2D eigenvalue weighted by Gasteiger charge is -2.08. The first kappa shape index (κ1) is 28.8. The molecule has 0 aromatic carbocycles. The molecule has 0 aromatic rings. The van der Waals surface area contributed by atoms with Gasteiger partial charge in [0, 0.05) is 6.42 Å². The molecular formula is C23H42O7. The molecule has 0 aliphatic carbocycles. The molecule has 0 bridgehead atoms. The number of rotatable bonds is 24. The fourth-order valence-corrected chi connectivity index (χ4v) is 2.52. The van der Waals surface area contributed by atoms with E-state index in [4.69, 9.17) is 34.8 Å². The van der Waals surface area contributed by atoms with Crippen LogP contribution >= 0.6 is 0 Å². The van der Waals surface area contributed by atoms with Gasteiger partial charge in [0.05, 0.1) is 59.5 Å². The molecule has 0 heterocycles. The van der Waals surface area contributed by atoms with Crippen molar-refractivity contribution in [2.75, 3.05) is 72.7 Å². The predicted octanol–water partition coefficient (Wildman–Crippen LogP) is 3.39. The molecule has 0 aliphatic heterocycles. The van der Waals surface area contributed by atoms with Crippen LogP contribution < -0.4 is 0 Å². The van der Waals surface area contributed by atoms with Crippen LogP contribution in [0, 0.1) is 12.3 Å². The number of hydrogen-bond donors (Lipinski definition) is 0. The lowest BCUT2D eigenvalue weighted by molar-refractivity contribution is -0.145. The van der Waals surface area contributed by atoms with Gasteiger partial charge in [-0.1, -0.05) is 51.4 Å². The van der Waals surface area contributed by atoms with E-state index in [-0.39, 0.29) is 5.97 Å². The SMILES string of the molecule is C#CCOCCOCCOCCOCCOCCOC(=O)CCCCCCCCC. The van der Waals surface area contributed by atoms with E-state index in [9.17, 15) is 4.79 Å². The van der Waals surface area contributed by atoms with Gasteiger partial charge in [-0.25, -0.2) is 0 Å². The number of terminal acetylenes is 1. The number of hydrogen-bond acceptors (Lipinski definition) is 7. The molecule has 176 valence electrons. The second kappa shape index (κ2) is 25.9. The van der Waals surface area contributed by atoms with Gasteiger partial charge in [0.1, 0.15) is 13.2 Å². The summed E-state index contributed by atoms with van der Waals surface area (Å²) < 4.78 is 31.7. The smallest absolute Gasteiger partial charge is 0.305 e. The Hall–Kier alpha value is -1.17. The van der Waals surface area contributed by atoms with Crippen LogP contribution in [0.1, 0.15) is 58.3 Å². The van der Waals surface area contributed by atoms with Crippen molar-refractivity contribution in [3.63, 3.8) is 0 Å². The normalized spacial score (nSPS) is 10.8. The Balaban J connectivity index is 3.12. The van der Waals surface area contributed by atoms with E-state index in [0.29, 0.717) is 79.1 Å². The molecule has 0 spiro atoms. The third-order valence-electron chi connectivity index (χ3n) is 4.15. The molecule has 0 saturated heterocycles. The number of carbonyl (C=O) groups is 1. The number of ether oxygens (including phenoxy) is 6. The molecule has 0 saturated carbocycles. The highest BCUT2D eigenvalue weighted by atomic mass is 16.6. The van der Waals surface area contributed by atoms with Crippen molar-refractivity contribution in [3.8, 4) is 12.3 Å². The first-order valence-corrected chi connectivity index (χ1v) is 11.3. The molecule has 7 nitrogen and oxygen atoms in total. The van der Waals surface area contributed by atoms with E-state index in [2.05, 4.69) is 12.8 Å². The Bertz CT molecular complexity index is 396. The molecule has 0 N–H and O–H groups in total. The van der Waals surface area contributed by atoms with Gasteiger partial charge in [-0.2, -0.15) is 0 Å². The van der Waals surface area contributed by atoms with E-state index < -0.39 is 0 Å². The van der Waals surface area contributed by atoms with Gasteiger partial charge in [-0.3, -0.25) is 4.79 Å². The fraction of sp³-hybridized carbons (Fsp3) is 0.870. The Morgan fingerprint density at radius 1 is 0.633 bits per heavy atom. The Kier molecular flexibility index (Phi) is 24.9. The van der Waals surface area contributed by atoms with Crippen LogP contribution in [0.2, 0.25) is 0 Å². The van der Waals surface area contributed by atoms with Gasteiger partial charge >= 0.3 is 5.97 Å². The van der Waals surface area contributed by atoms with Crippen LogP contribution in [-0.4, -0.2) is 78.6 Å². The van der Waals surface area contributed by atoms with Gasteiger partial charge in [0.25, 0.3) is 0 Å². The minimum absolute atomic E-state index is 0.135. The van der Waals surface area contributed by atoms with Crippen LogP contribution in [0.4, 0.5) is 0 Å². The summed E-state index contributed by atoms with van der Waals surface area (Å²) in [5, 5.41) is 0. The van der Waals surface area contributed by atoms with Crippen molar-refractivity contribution in [1.29, 1.82) is 0 Å². The van der Waals surface area contributed by atoms with Gasteiger partial charge < -0.3 is 28.4 Å². The van der Waals surface area contributed by atoms with Gasteiger partial charge in [0.2, 0.25) is 0 Å². The van der Waals surface area contributed by atoms with Crippen LogP contribution in [0.25, 0.3) is 0 Å². The minimum atomic E-state index is -0.135. The van der Waals surface area contributed by atoms with Crippen molar-refractivity contribution in [3.05, 3.63) is 0 Å². The second-order valence-corrected chi connectivity index (χ2v) is 6.80. The maximum absolute atomic E-state index is 11.6. The average Bonchev–Trinajstić information content (AvgIpc) is 2.75. The molecule has 0 rings (SSSR count). The molecule has 7 heteroatoms. The van der Waals surface area contributed by atoms with Crippen molar-refractivity contribution >= 4 is 5.97 Å². The molecule has 30 heavy (non-hydrogen) atoms. The zero-order valence-corrected chi connectivity index (χ0v) is 18.9. The topological polar surface area (TPSA) is 72.5 Å². The maximum Gasteiger partial charge on any atom is 0.305 e. The van der Waals surface area contributed by atoms with Crippen LogP contribution in [-0.2, 0) is 33.2 Å². The lowest BCUT2D eigenvalue weighted by atomic mass is 10.1. The molecular weight excluding hydrogens is 388 g/mol. The Morgan fingerprint density at radius 3 is 1.57 bits per heavy atom. The summed E-state index contributed by atoms with van der Waals surface area (Å²) in [6, 6.07) is 0. The minimum Gasteiger partial charge on any atom is -0.463 e. The van der Waals surface area contributed by atoms with Crippen LogP contribution in [0.5, 0.6) is 0 Å². The highest BCUT2D eigenvalue weighted by Crippen LogP contribution is 2.08. The molecule has 0 fully saturated rings. The quantitative estimate of drug-likeness (QED) is 0.132. The molecule has 0 unspecified atom stereocenters. The van der Waals surface area contributed by atoms with E-state index in [1.807, 2.05) is 0 Å². The lowest BCUT2D eigenvalue weighted by Crippen LogP contribution is -2.15. The molecule has 0 aromatic heterocycles. The monoisotopic (exact) mass is 430 g/mol. The molecule has 0 amide bonds. The van der Waals surface area contributed by atoms with Crippen molar-refractivity contribution < 1.29 is 33.2 Å². The first-order valence-electron chi connectivity index (χ1n) is 11.3. The standard InChI is InChI=1S/C23H42O7/c1-3-5-6-7-8-9-10-11-23(24)30-22-21-29-20-19-28-18-17-27-16-15-26-14-13-25-12-4-2/h2H,3,5-22H2,1H3. The zero-order valence-electron chi connectivity index (χ0n) is 18.9. The molecule has 0 aliphatic rings. The van der Waals surface area contributed by atoms with Gasteiger partial charge in [0.15, 0.2) is 0 Å². The third kappa shape index (κ3) is 24.9. The van der Waals surface area contributed by atoms with Gasteiger partial charge in [-0.05, 0) is 6.42 Å². The molecule has 0 radical (unpaired) electrons. The summed E-state index contributed by atoms with van der Waals surface area (Å²) in [7, 11) is 0. The van der Waals surface area contributed by atoms with E-state index in [1.165, 1.54) is 32.1 Å². The van der Waals surface area contributed by atoms with Crippen molar-refractivity contribution in [1.82, 2.24) is 0 Å². The summed E-state index contributed by atoms with van der Waals surface area (Å²) in [6.07, 6.45) is 13.9. The maximum atomic E-state index is 11.6. The Labute approximate surface area is 183 Å². The average molecular weight is 431 g/mol. The van der Waals surface area contributed by atoms with Crippen LogP contribution in [0.3, 0.4) is 0 Å². The Morgan fingerprint density at radius 2 is 1.07 bits per heavy atom. The first-order chi connectivity index (χ1) is 14.8. The van der Waals surface area contributed by atoms with Crippen molar-refractivity contribution in [2.24, 2.45) is 0 Å². The predicted molar refractivity (Wildman–Crippen MR) is 116 cm³/mol. The summed E-state index contributed by atoms with van der Waals surface area (Å²) in [4.78, 5) is 11.6. The zero-order chi connectivity index (χ0) is 22.0. The van der Waals surface area contributed by atoms with E-state index in [0.717, 1.165) is 12.8 Å². The van der Waals surface area contributed by atoms with Gasteiger partial charge in [-0.15, -0.1) is 6.42 Å². The fourth-order valence-electron chi connectivity index (χ4n) is 2.52.